The summed E-state index contributed by atoms with van der Waals surface area (Å²) in [6.45, 7) is 19.6. The van der Waals surface area contributed by atoms with Gasteiger partial charge in [0.05, 0.1) is 0 Å². The minimum atomic E-state index is 0.319. The highest BCUT2D eigenvalue weighted by Gasteiger charge is 2.46. The topological polar surface area (TPSA) is 26.0 Å². The minimum absolute atomic E-state index is 0.319. The average Bonchev–Trinajstić information content (AvgIpc) is 2.85. The summed E-state index contributed by atoms with van der Waals surface area (Å²) >= 11 is 0. The van der Waals surface area contributed by atoms with E-state index in [9.17, 15) is 0 Å². The Labute approximate surface area is 166 Å². The van der Waals surface area contributed by atoms with Crippen LogP contribution in [0.1, 0.15) is 113 Å². The molecule has 156 valence electrons. The monoisotopic (exact) mass is 365 g/mol. The molecule has 2 N–H and O–H groups in total. The Balaban J connectivity index is 3.05. The lowest BCUT2D eigenvalue weighted by atomic mass is 9.59. The Morgan fingerprint density at radius 2 is 1.62 bits per heavy atom. The van der Waals surface area contributed by atoms with Gasteiger partial charge in [-0.15, -0.1) is 0 Å². The standard InChI is InChI=1S/C25H51N/c1-9-12-15-25(14-11-3,17-19(5)26)22(8)20(6)24-18(4)16-23(13-10-2)21(24)7/h18-24H,9-17,26H2,1-8H3. The van der Waals surface area contributed by atoms with Gasteiger partial charge in [-0.1, -0.05) is 80.6 Å². The molecule has 0 heterocycles. The zero-order valence-corrected chi connectivity index (χ0v) is 19.5. The van der Waals surface area contributed by atoms with Crippen molar-refractivity contribution in [2.24, 2.45) is 46.7 Å². The molecular weight excluding hydrogens is 314 g/mol. The van der Waals surface area contributed by atoms with Crippen molar-refractivity contribution in [1.29, 1.82) is 0 Å². The molecule has 0 aromatic heterocycles. The number of unbranched alkanes of at least 4 members (excludes halogenated alkanes) is 1. The molecular formula is C25H51N. The highest BCUT2D eigenvalue weighted by Crippen LogP contribution is 2.54. The number of hydrogen-bond donors (Lipinski definition) is 1. The molecule has 1 aliphatic rings. The van der Waals surface area contributed by atoms with E-state index in [2.05, 4.69) is 55.4 Å². The van der Waals surface area contributed by atoms with Crippen LogP contribution in [0.5, 0.6) is 0 Å². The number of hydrogen-bond acceptors (Lipinski definition) is 1. The predicted molar refractivity (Wildman–Crippen MR) is 118 cm³/mol. The summed E-state index contributed by atoms with van der Waals surface area (Å²) in [6.07, 6.45) is 12.1. The van der Waals surface area contributed by atoms with E-state index in [1.54, 1.807) is 0 Å². The third-order valence-corrected chi connectivity index (χ3v) is 8.21. The molecule has 1 heteroatoms. The van der Waals surface area contributed by atoms with Crippen molar-refractivity contribution in [3.63, 3.8) is 0 Å². The van der Waals surface area contributed by atoms with Gasteiger partial charge in [0.25, 0.3) is 0 Å². The van der Waals surface area contributed by atoms with Crippen molar-refractivity contribution in [2.75, 3.05) is 0 Å². The molecule has 0 radical (unpaired) electrons. The lowest BCUT2D eigenvalue weighted by molar-refractivity contribution is 0.0318. The van der Waals surface area contributed by atoms with Gasteiger partial charge in [-0.2, -0.15) is 0 Å². The summed E-state index contributed by atoms with van der Waals surface area (Å²) in [6, 6.07) is 0.319. The molecule has 8 atom stereocenters. The fourth-order valence-electron chi connectivity index (χ4n) is 6.96. The van der Waals surface area contributed by atoms with Gasteiger partial charge in [-0.05, 0) is 73.5 Å². The Hall–Kier alpha value is -0.0400. The van der Waals surface area contributed by atoms with Gasteiger partial charge < -0.3 is 5.73 Å². The molecule has 0 amide bonds. The van der Waals surface area contributed by atoms with Crippen molar-refractivity contribution >= 4 is 0 Å². The molecule has 1 aliphatic carbocycles. The minimum Gasteiger partial charge on any atom is -0.328 e. The normalized spacial score (nSPS) is 32.2. The van der Waals surface area contributed by atoms with Crippen molar-refractivity contribution < 1.29 is 0 Å². The maximum atomic E-state index is 6.39. The maximum absolute atomic E-state index is 6.39. The lowest BCUT2D eigenvalue weighted by Crippen LogP contribution is -2.41. The van der Waals surface area contributed by atoms with E-state index in [0.29, 0.717) is 11.5 Å². The van der Waals surface area contributed by atoms with Crippen molar-refractivity contribution in [3.8, 4) is 0 Å². The second-order valence-corrected chi connectivity index (χ2v) is 10.2. The van der Waals surface area contributed by atoms with Gasteiger partial charge in [0.2, 0.25) is 0 Å². The first-order valence-electron chi connectivity index (χ1n) is 12.0. The molecule has 1 nitrogen and oxygen atoms in total. The summed E-state index contributed by atoms with van der Waals surface area (Å²) in [5.41, 5.74) is 6.83. The zero-order chi connectivity index (χ0) is 19.9. The van der Waals surface area contributed by atoms with E-state index < -0.39 is 0 Å². The average molecular weight is 366 g/mol. The summed E-state index contributed by atoms with van der Waals surface area (Å²) in [5, 5.41) is 0. The first-order chi connectivity index (χ1) is 12.2. The van der Waals surface area contributed by atoms with Gasteiger partial charge in [-0.3, -0.25) is 0 Å². The number of rotatable bonds is 12. The molecule has 0 spiro atoms. The van der Waals surface area contributed by atoms with Gasteiger partial charge in [0.15, 0.2) is 0 Å². The van der Waals surface area contributed by atoms with Crippen LogP contribution in [0.2, 0.25) is 0 Å². The summed E-state index contributed by atoms with van der Waals surface area (Å²) < 4.78 is 0. The molecule has 0 aliphatic heterocycles. The fraction of sp³-hybridized carbons (Fsp3) is 1.00. The van der Waals surface area contributed by atoms with Crippen LogP contribution in [0.15, 0.2) is 0 Å². The third-order valence-electron chi connectivity index (χ3n) is 8.21. The van der Waals surface area contributed by atoms with E-state index in [1.807, 2.05) is 0 Å². The Bertz CT molecular complexity index is 376. The zero-order valence-electron chi connectivity index (χ0n) is 19.5. The second kappa shape index (κ2) is 11.1. The van der Waals surface area contributed by atoms with E-state index in [4.69, 9.17) is 5.73 Å². The Morgan fingerprint density at radius 1 is 0.962 bits per heavy atom. The van der Waals surface area contributed by atoms with Crippen LogP contribution in [-0.2, 0) is 0 Å². The van der Waals surface area contributed by atoms with E-state index in [0.717, 1.165) is 35.5 Å². The van der Waals surface area contributed by atoms with Crippen LogP contribution in [0.3, 0.4) is 0 Å². The molecule has 26 heavy (non-hydrogen) atoms. The third kappa shape index (κ3) is 5.73. The molecule has 1 fully saturated rings. The molecule has 1 rings (SSSR count). The summed E-state index contributed by atoms with van der Waals surface area (Å²) in [4.78, 5) is 0. The van der Waals surface area contributed by atoms with Gasteiger partial charge in [0.1, 0.15) is 0 Å². The van der Waals surface area contributed by atoms with Gasteiger partial charge >= 0.3 is 0 Å². The summed E-state index contributed by atoms with van der Waals surface area (Å²) in [7, 11) is 0. The van der Waals surface area contributed by atoms with Crippen molar-refractivity contribution in [1.82, 2.24) is 0 Å². The molecule has 0 aromatic rings. The number of nitrogens with two attached hydrogens (primary N) is 1. The van der Waals surface area contributed by atoms with Crippen LogP contribution in [0, 0.1) is 40.9 Å². The maximum Gasteiger partial charge on any atom is 0.00158 e. The van der Waals surface area contributed by atoms with Crippen LogP contribution in [0.25, 0.3) is 0 Å². The van der Waals surface area contributed by atoms with Crippen LogP contribution < -0.4 is 5.73 Å². The predicted octanol–water partition coefficient (Wildman–Crippen LogP) is 7.68. The lowest BCUT2D eigenvalue weighted by Gasteiger charge is -2.47. The fourth-order valence-corrected chi connectivity index (χ4v) is 6.96. The van der Waals surface area contributed by atoms with E-state index >= 15 is 0 Å². The molecule has 0 saturated heterocycles. The SMILES string of the molecule is CCCCC(CCC)(CC(C)N)C(C)C(C)C1C(C)CC(CCC)C1C. The first-order valence-corrected chi connectivity index (χ1v) is 12.0. The van der Waals surface area contributed by atoms with Crippen LogP contribution >= 0.6 is 0 Å². The molecule has 0 bridgehead atoms. The Kier molecular flexibility index (Phi) is 10.2. The van der Waals surface area contributed by atoms with Crippen molar-refractivity contribution in [2.45, 2.75) is 119 Å². The molecule has 8 unspecified atom stereocenters. The second-order valence-electron chi connectivity index (χ2n) is 10.2. The molecule has 0 aromatic carbocycles. The van der Waals surface area contributed by atoms with Crippen molar-refractivity contribution in [3.05, 3.63) is 0 Å². The van der Waals surface area contributed by atoms with Crippen LogP contribution in [-0.4, -0.2) is 6.04 Å². The first kappa shape index (κ1) is 24.0. The largest absolute Gasteiger partial charge is 0.328 e. The van der Waals surface area contributed by atoms with Crippen LogP contribution in [0.4, 0.5) is 0 Å². The molecule has 1 saturated carbocycles. The Morgan fingerprint density at radius 3 is 2.12 bits per heavy atom. The summed E-state index contributed by atoms with van der Waals surface area (Å²) in [5.74, 6) is 5.22. The van der Waals surface area contributed by atoms with Gasteiger partial charge in [-0.25, -0.2) is 0 Å². The van der Waals surface area contributed by atoms with Gasteiger partial charge in [0, 0.05) is 6.04 Å². The van der Waals surface area contributed by atoms with E-state index in [-0.39, 0.29) is 0 Å². The highest BCUT2D eigenvalue weighted by molar-refractivity contribution is 4.96. The highest BCUT2D eigenvalue weighted by atomic mass is 14.6. The smallest absolute Gasteiger partial charge is 0.00158 e. The van der Waals surface area contributed by atoms with E-state index in [1.165, 1.54) is 57.8 Å². The quantitative estimate of drug-likeness (QED) is 0.377.